The molecule has 1 N–H and O–H groups in total. The molecule has 19 heavy (non-hydrogen) atoms. The predicted molar refractivity (Wildman–Crippen MR) is 73.0 cm³/mol. The van der Waals surface area contributed by atoms with Crippen molar-refractivity contribution < 1.29 is 4.74 Å². The molecule has 1 aromatic carbocycles. The highest BCUT2D eigenvalue weighted by molar-refractivity contribution is 5.48. The molecule has 0 spiro atoms. The summed E-state index contributed by atoms with van der Waals surface area (Å²) in [5.74, 6) is 0.763. The second-order valence-electron chi connectivity index (χ2n) is 4.24. The molecule has 0 radical (unpaired) electrons. The lowest BCUT2D eigenvalue weighted by Gasteiger charge is -2.08. The molecule has 0 atom stereocenters. The molecular formula is C14H16N4O. The van der Waals surface area contributed by atoms with Crippen molar-refractivity contribution in [3.05, 3.63) is 41.1 Å². The van der Waals surface area contributed by atoms with Gasteiger partial charge in [0.2, 0.25) is 5.88 Å². The van der Waals surface area contributed by atoms with Crippen LogP contribution in [0.25, 0.3) is 0 Å². The topological polar surface area (TPSA) is 62.9 Å². The molecule has 98 valence electrons. The Morgan fingerprint density at radius 2 is 2.05 bits per heavy atom. The summed E-state index contributed by atoms with van der Waals surface area (Å²) >= 11 is 0. The Bertz CT molecular complexity index is 608. The van der Waals surface area contributed by atoms with Crippen LogP contribution in [0.3, 0.4) is 0 Å². The molecule has 2 rings (SSSR count). The van der Waals surface area contributed by atoms with Crippen LogP contribution in [-0.4, -0.2) is 16.9 Å². The molecule has 5 heteroatoms. The third kappa shape index (κ3) is 2.68. The smallest absolute Gasteiger partial charge is 0.216 e. The number of hydrogen-bond donors (Lipinski definition) is 1. The van der Waals surface area contributed by atoms with E-state index in [4.69, 9.17) is 10.00 Å². The van der Waals surface area contributed by atoms with Crippen LogP contribution < -0.4 is 10.1 Å². The van der Waals surface area contributed by atoms with Gasteiger partial charge in [-0.05, 0) is 31.2 Å². The number of nitrogens with one attached hydrogen (secondary N) is 1. The molecule has 0 aliphatic rings. The van der Waals surface area contributed by atoms with E-state index in [2.05, 4.69) is 16.5 Å². The van der Waals surface area contributed by atoms with Crippen molar-refractivity contribution in [3.63, 3.8) is 0 Å². The van der Waals surface area contributed by atoms with Crippen LogP contribution in [0.1, 0.15) is 16.8 Å². The Kier molecular flexibility index (Phi) is 3.71. The Morgan fingerprint density at radius 3 is 2.63 bits per heavy atom. The first-order valence-electron chi connectivity index (χ1n) is 5.96. The van der Waals surface area contributed by atoms with Crippen molar-refractivity contribution in [2.75, 3.05) is 12.4 Å². The minimum Gasteiger partial charge on any atom is -0.481 e. The van der Waals surface area contributed by atoms with E-state index in [1.165, 1.54) is 0 Å². The first-order chi connectivity index (χ1) is 9.15. The molecule has 0 aliphatic heterocycles. The highest BCUT2D eigenvalue weighted by Crippen LogP contribution is 2.22. The molecule has 0 saturated heterocycles. The zero-order chi connectivity index (χ0) is 13.8. The summed E-state index contributed by atoms with van der Waals surface area (Å²) in [6.07, 6.45) is 0. The third-order valence-corrected chi connectivity index (χ3v) is 2.97. The van der Waals surface area contributed by atoms with Crippen molar-refractivity contribution in [2.45, 2.75) is 13.5 Å². The summed E-state index contributed by atoms with van der Waals surface area (Å²) in [6, 6.07) is 9.44. The summed E-state index contributed by atoms with van der Waals surface area (Å²) in [4.78, 5) is 0. The fourth-order valence-corrected chi connectivity index (χ4v) is 1.99. The summed E-state index contributed by atoms with van der Waals surface area (Å²) < 4.78 is 7.07. The van der Waals surface area contributed by atoms with Gasteiger partial charge in [-0.3, -0.25) is 0 Å². The standard InChI is InChI=1S/C14H16N4O/c1-10-13(14(19-3)18(2)17-10)9-16-12-6-4-11(8-15)5-7-12/h4-7,16H,9H2,1-3H3. The zero-order valence-electron chi connectivity index (χ0n) is 11.3. The number of aryl methyl sites for hydroxylation is 2. The first-order valence-corrected chi connectivity index (χ1v) is 5.96. The summed E-state index contributed by atoms with van der Waals surface area (Å²) in [5, 5.41) is 16.4. The lowest BCUT2D eigenvalue weighted by molar-refractivity contribution is 0.370. The van der Waals surface area contributed by atoms with E-state index < -0.39 is 0 Å². The van der Waals surface area contributed by atoms with E-state index in [1.54, 1.807) is 23.9 Å². The molecule has 0 amide bonds. The van der Waals surface area contributed by atoms with Gasteiger partial charge >= 0.3 is 0 Å². The molecule has 0 saturated carbocycles. The molecule has 5 nitrogen and oxygen atoms in total. The SMILES string of the molecule is COc1c(CNc2ccc(C#N)cc2)c(C)nn1C. The second kappa shape index (κ2) is 5.44. The first kappa shape index (κ1) is 13.0. The van der Waals surface area contributed by atoms with Gasteiger partial charge in [0.25, 0.3) is 0 Å². The maximum Gasteiger partial charge on any atom is 0.216 e. The summed E-state index contributed by atoms with van der Waals surface area (Å²) in [5.41, 5.74) is 3.60. The third-order valence-electron chi connectivity index (χ3n) is 2.97. The van der Waals surface area contributed by atoms with Crippen LogP contribution in [-0.2, 0) is 13.6 Å². The van der Waals surface area contributed by atoms with Crippen LogP contribution >= 0.6 is 0 Å². The Hall–Kier alpha value is -2.48. The minimum absolute atomic E-state index is 0.634. The van der Waals surface area contributed by atoms with Gasteiger partial charge in [-0.2, -0.15) is 10.4 Å². The molecule has 0 fully saturated rings. The van der Waals surface area contributed by atoms with Crippen LogP contribution in [0.15, 0.2) is 24.3 Å². The van der Waals surface area contributed by atoms with Gasteiger partial charge in [0.1, 0.15) is 0 Å². The highest BCUT2D eigenvalue weighted by atomic mass is 16.5. The quantitative estimate of drug-likeness (QED) is 0.911. The zero-order valence-corrected chi connectivity index (χ0v) is 11.3. The van der Waals surface area contributed by atoms with Crippen molar-refractivity contribution in [1.82, 2.24) is 9.78 Å². The molecule has 0 bridgehead atoms. The largest absolute Gasteiger partial charge is 0.481 e. The number of nitrogens with zero attached hydrogens (tertiary/aromatic N) is 3. The fraction of sp³-hybridized carbons (Fsp3) is 0.286. The van der Waals surface area contributed by atoms with Crippen LogP contribution in [0, 0.1) is 18.3 Å². The summed E-state index contributed by atoms with van der Waals surface area (Å²) in [7, 11) is 3.50. The lowest BCUT2D eigenvalue weighted by atomic mass is 10.2. The Labute approximate surface area is 112 Å². The molecule has 1 heterocycles. The molecule has 0 unspecified atom stereocenters. The number of rotatable bonds is 4. The van der Waals surface area contributed by atoms with Gasteiger partial charge in [-0.25, -0.2) is 4.68 Å². The van der Waals surface area contributed by atoms with Crippen molar-refractivity contribution in [2.24, 2.45) is 7.05 Å². The maximum atomic E-state index is 8.75. The van der Waals surface area contributed by atoms with E-state index >= 15 is 0 Å². The van der Waals surface area contributed by atoms with Crippen LogP contribution in [0.5, 0.6) is 5.88 Å². The number of benzene rings is 1. The number of hydrogen-bond acceptors (Lipinski definition) is 4. The van der Waals surface area contributed by atoms with E-state index in [0.717, 1.165) is 22.8 Å². The van der Waals surface area contributed by atoms with Crippen LogP contribution in [0.2, 0.25) is 0 Å². The monoisotopic (exact) mass is 256 g/mol. The molecule has 0 aliphatic carbocycles. The van der Waals surface area contributed by atoms with E-state index in [0.29, 0.717) is 12.1 Å². The average Bonchev–Trinajstić information content (AvgIpc) is 2.70. The fourth-order valence-electron chi connectivity index (χ4n) is 1.99. The lowest BCUT2D eigenvalue weighted by Crippen LogP contribution is -2.02. The van der Waals surface area contributed by atoms with Crippen molar-refractivity contribution in [1.29, 1.82) is 5.26 Å². The van der Waals surface area contributed by atoms with Crippen molar-refractivity contribution in [3.8, 4) is 11.9 Å². The number of methoxy groups -OCH3 is 1. The highest BCUT2D eigenvalue weighted by Gasteiger charge is 2.13. The minimum atomic E-state index is 0.634. The van der Waals surface area contributed by atoms with Crippen LogP contribution in [0.4, 0.5) is 5.69 Å². The maximum absolute atomic E-state index is 8.75. The Balaban J connectivity index is 2.12. The second-order valence-corrected chi connectivity index (χ2v) is 4.24. The van der Waals surface area contributed by atoms with Gasteiger partial charge in [-0.1, -0.05) is 0 Å². The number of ether oxygens (including phenoxy) is 1. The van der Waals surface area contributed by atoms with Gasteiger partial charge in [0, 0.05) is 19.3 Å². The normalized spacial score (nSPS) is 10.0. The van der Waals surface area contributed by atoms with Gasteiger partial charge < -0.3 is 10.1 Å². The van der Waals surface area contributed by atoms with Gasteiger partial charge in [-0.15, -0.1) is 0 Å². The predicted octanol–water partition coefficient (Wildman–Crippen LogP) is 2.22. The molecule has 2 aromatic rings. The summed E-state index contributed by atoms with van der Waals surface area (Å²) in [6.45, 7) is 2.59. The number of aromatic nitrogens is 2. The van der Waals surface area contributed by atoms with Crippen molar-refractivity contribution >= 4 is 5.69 Å². The number of nitriles is 1. The molecular weight excluding hydrogens is 240 g/mol. The Morgan fingerprint density at radius 1 is 1.37 bits per heavy atom. The molecule has 1 aromatic heterocycles. The van der Waals surface area contributed by atoms with E-state index in [-0.39, 0.29) is 0 Å². The number of anilines is 1. The van der Waals surface area contributed by atoms with Gasteiger partial charge in [0.15, 0.2) is 0 Å². The van der Waals surface area contributed by atoms with Gasteiger partial charge in [0.05, 0.1) is 30.0 Å². The van der Waals surface area contributed by atoms with E-state index in [1.807, 2.05) is 26.1 Å². The average molecular weight is 256 g/mol. The van der Waals surface area contributed by atoms with E-state index in [9.17, 15) is 0 Å².